The van der Waals surface area contributed by atoms with E-state index in [4.69, 9.17) is 23.2 Å². The zero-order valence-corrected chi connectivity index (χ0v) is 8.11. The van der Waals surface area contributed by atoms with Crippen LogP contribution in [0.3, 0.4) is 0 Å². The highest BCUT2D eigenvalue weighted by Crippen LogP contribution is 2.38. The summed E-state index contributed by atoms with van der Waals surface area (Å²) in [4.78, 5) is 13.1. The summed E-state index contributed by atoms with van der Waals surface area (Å²) < 4.78 is 25.2. The summed E-state index contributed by atoms with van der Waals surface area (Å²) >= 11 is 10.3. The Bertz CT molecular complexity index is 397. The summed E-state index contributed by atoms with van der Waals surface area (Å²) in [6, 6.07) is 3.31. The largest absolute Gasteiger partial charge is 0.349 e. The molecule has 0 amide bonds. The van der Waals surface area contributed by atoms with Crippen LogP contribution in [0, 0.1) is 0 Å². The van der Waals surface area contributed by atoms with E-state index >= 15 is 0 Å². The summed E-state index contributed by atoms with van der Waals surface area (Å²) in [6.45, 7) is 0. The van der Waals surface area contributed by atoms with Gasteiger partial charge in [0.05, 0.1) is 16.3 Å². The van der Waals surface area contributed by atoms with Gasteiger partial charge in [0, 0.05) is 0 Å². The molecule has 0 aliphatic rings. The van der Waals surface area contributed by atoms with Gasteiger partial charge in [0.1, 0.15) is 0 Å². The molecule has 2 nitrogen and oxygen atoms in total. The topological polar surface area (TPSA) is 29.4 Å². The van der Waals surface area contributed by atoms with E-state index in [0.29, 0.717) is 0 Å². The van der Waals surface area contributed by atoms with Crippen LogP contribution in [0.15, 0.2) is 23.2 Å². The highest BCUT2D eigenvalue weighted by molar-refractivity contribution is 6.33. The first-order chi connectivity index (χ1) is 6.45. The monoisotopic (exact) mass is 237 g/mol. The second kappa shape index (κ2) is 4.05. The van der Waals surface area contributed by atoms with Crippen LogP contribution in [0.25, 0.3) is 0 Å². The van der Waals surface area contributed by atoms with Crippen molar-refractivity contribution in [2.45, 2.75) is 5.38 Å². The molecule has 1 aromatic rings. The maximum absolute atomic E-state index is 12.6. The molecular weight excluding hydrogens is 235 g/mol. The number of nitrogens with zero attached hydrogens (tertiary/aromatic N) is 1. The van der Waals surface area contributed by atoms with Crippen molar-refractivity contribution in [3.8, 4) is 0 Å². The molecule has 0 heterocycles. The van der Waals surface area contributed by atoms with E-state index in [9.17, 15) is 13.6 Å². The van der Waals surface area contributed by atoms with E-state index in [2.05, 4.69) is 4.99 Å². The van der Waals surface area contributed by atoms with Gasteiger partial charge in [-0.2, -0.15) is 13.8 Å². The molecule has 0 fully saturated rings. The maximum atomic E-state index is 12.6. The highest BCUT2D eigenvalue weighted by atomic mass is 35.5. The first-order valence-electron chi connectivity index (χ1n) is 3.40. The van der Waals surface area contributed by atoms with Gasteiger partial charge >= 0.3 is 5.38 Å². The molecule has 0 bridgehead atoms. The second-order valence-electron chi connectivity index (χ2n) is 2.36. The van der Waals surface area contributed by atoms with E-state index in [1.54, 1.807) is 0 Å². The van der Waals surface area contributed by atoms with Gasteiger partial charge in [0.25, 0.3) is 0 Å². The summed E-state index contributed by atoms with van der Waals surface area (Å²) in [5.74, 6) is 0. The molecule has 0 saturated carbocycles. The Labute approximate surface area is 88.2 Å². The van der Waals surface area contributed by atoms with Gasteiger partial charge in [-0.05, 0) is 29.8 Å². The van der Waals surface area contributed by atoms with Gasteiger partial charge in [-0.3, -0.25) is 0 Å². The third kappa shape index (κ3) is 2.51. The summed E-state index contributed by atoms with van der Waals surface area (Å²) in [7, 11) is 0. The Hall–Kier alpha value is -0.960. The van der Waals surface area contributed by atoms with Gasteiger partial charge < -0.3 is 0 Å². The molecular formula is C8H3Cl2F2NO. The third-order valence-electron chi connectivity index (χ3n) is 1.43. The van der Waals surface area contributed by atoms with Crippen LogP contribution < -0.4 is 0 Å². The number of aliphatic imine (C=N–C) groups is 1. The van der Waals surface area contributed by atoms with Crippen molar-refractivity contribution in [1.82, 2.24) is 0 Å². The lowest BCUT2D eigenvalue weighted by molar-refractivity contribution is 0.0953. The average molecular weight is 238 g/mol. The zero-order valence-electron chi connectivity index (χ0n) is 6.60. The predicted octanol–water partition coefficient (Wildman–Crippen LogP) is 3.60. The van der Waals surface area contributed by atoms with Crippen LogP contribution in [0.4, 0.5) is 14.5 Å². The lowest BCUT2D eigenvalue weighted by atomic mass is 10.2. The number of benzene rings is 1. The summed E-state index contributed by atoms with van der Waals surface area (Å²) in [6.07, 6.45) is 1.27. The molecule has 1 aromatic carbocycles. The molecule has 0 aliphatic heterocycles. The fourth-order valence-corrected chi connectivity index (χ4v) is 1.36. The van der Waals surface area contributed by atoms with Crippen molar-refractivity contribution in [1.29, 1.82) is 0 Å². The van der Waals surface area contributed by atoms with Crippen molar-refractivity contribution in [3.05, 3.63) is 28.8 Å². The molecule has 0 atom stereocenters. The molecule has 0 saturated heterocycles. The van der Waals surface area contributed by atoms with Gasteiger partial charge in [-0.1, -0.05) is 11.6 Å². The smallest absolute Gasteiger partial charge is 0.211 e. The van der Waals surface area contributed by atoms with E-state index < -0.39 is 10.9 Å². The molecule has 0 unspecified atom stereocenters. The molecule has 0 aromatic heterocycles. The van der Waals surface area contributed by atoms with Gasteiger partial charge in [-0.25, -0.2) is 4.79 Å². The normalized spacial score (nSPS) is 10.9. The molecule has 0 radical (unpaired) electrons. The van der Waals surface area contributed by atoms with E-state index in [-0.39, 0.29) is 10.7 Å². The number of hydrogen-bond acceptors (Lipinski definition) is 2. The Balaban J connectivity index is 3.20. The first kappa shape index (κ1) is 11.1. The standard InChI is InChI=1S/C8H3Cl2F2NO/c9-7-3-5(13-4-14)1-2-6(7)8(10,11)12/h1-3H. The first-order valence-corrected chi connectivity index (χ1v) is 4.15. The minimum atomic E-state index is -3.53. The number of hydrogen-bond donors (Lipinski definition) is 0. The van der Waals surface area contributed by atoms with E-state index in [1.807, 2.05) is 0 Å². The summed E-state index contributed by atoms with van der Waals surface area (Å²) in [5, 5.41) is -3.78. The number of isocyanates is 1. The van der Waals surface area contributed by atoms with Crippen LogP contribution in [0.2, 0.25) is 5.02 Å². The van der Waals surface area contributed by atoms with Crippen LogP contribution in [0.1, 0.15) is 5.56 Å². The molecule has 0 aliphatic carbocycles. The number of carbonyl (C=O) groups excluding carboxylic acids is 1. The zero-order chi connectivity index (χ0) is 10.8. The van der Waals surface area contributed by atoms with Crippen LogP contribution >= 0.6 is 23.2 Å². The van der Waals surface area contributed by atoms with Crippen molar-refractivity contribution >= 4 is 35.0 Å². The van der Waals surface area contributed by atoms with E-state index in [0.717, 1.165) is 12.1 Å². The summed E-state index contributed by atoms with van der Waals surface area (Å²) in [5.41, 5.74) is -0.375. The minimum Gasteiger partial charge on any atom is -0.211 e. The molecule has 14 heavy (non-hydrogen) atoms. The highest BCUT2D eigenvalue weighted by Gasteiger charge is 2.30. The number of halogens is 4. The van der Waals surface area contributed by atoms with Gasteiger partial charge in [0.15, 0.2) is 0 Å². The third-order valence-corrected chi connectivity index (χ3v) is 1.95. The van der Waals surface area contributed by atoms with Crippen molar-refractivity contribution < 1.29 is 13.6 Å². The van der Waals surface area contributed by atoms with Crippen LogP contribution in [-0.2, 0) is 10.2 Å². The fourth-order valence-electron chi connectivity index (χ4n) is 0.856. The van der Waals surface area contributed by atoms with Gasteiger partial charge in [0.2, 0.25) is 6.08 Å². The molecule has 1 rings (SSSR count). The van der Waals surface area contributed by atoms with E-state index in [1.165, 1.54) is 12.1 Å². The Morgan fingerprint density at radius 2 is 2.07 bits per heavy atom. The van der Waals surface area contributed by atoms with Gasteiger partial charge in [-0.15, -0.1) is 0 Å². The fraction of sp³-hybridized carbons (Fsp3) is 0.125. The predicted molar refractivity (Wildman–Crippen MR) is 49.0 cm³/mol. The Morgan fingerprint density at radius 3 is 2.50 bits per heavy atom. The number of alkyl halides is 3. The molecule has 74 valence electrons. The lowest BCUT2D eigenvalue weighted by Crippen LogP contribution is -2.03. The maximum Gasteiger partial charge on any atom is 0.349 e. The van der Waals surface area contributed by atoms with Crippen LogP contribution in [-0.4, -0.2) is 6.08 Å². The SMILES string of the molecule is O=C=Nc1ccc(C(F)(F)Cl)c(Cl)c1. The quantitative estimate of drug-likeness (QED) is 0.439. The molecule has 6 heteroatoms. The van der Waals surface area contributed by atoms with Crippen molar-refractivity contribution in [2.24, 2.45) is 4.99 Å². The van der Waals surface area contributed by atoms with Crippen molar-refractivity contribution in [2.75, 3.05) is 0 Å². The molecule has 0 N–H and O–H groups in total. The lowest BCUT2D eigenvalue weighted by Gasteiger charge is -2.09. The minimum absolute atomic E-state index is 0.148. The Morgan fingerprint density at radius 1 is 1.43 bits per heavy atom. The van der Waals surface area contributed by atoms with Crippen molar-refractivity contribution in [3.63, 3.8) is 0 Å². The Kier molecular flexibility index (Phi) is 3.21. The second-order valence-corrected chi connectivity index (χ2v) is 3.25. The van der Waals surface area contributed by atoms with Crippen LogP contribution in [0.5, 0.6) is 0 Å². The number of rotatable bonds is 2. The average Bonchev–Trinajstić information content (AvgIpc) is 2.02. The molecule has 0 spiro atoms.